The van der Waals surface area contributed by atoms with Crippen LogP contribution in [0.1, 0.15) is 102 Å². The Hall–Kier alpha value is -1.66. The molecule has 0 aliphatic rings. The molecule has 0 aliphatic carbocycles. The molecule has 0 spiro atoms. The average molecular weight is 479 g/mol. The summed E-state index contributed by atoms with van der Waals surface area (Å²) in [4.78, 5) is -0.178. The van der Waals surface area contributed by atoms with Gasteiger partial charge in [-0.3, -0.25) is 0 Å². The monoisotopic (exact) mass is 478 g/mol. The van der Waals surface area contributed by atoms with Gasteiger partial charge in [0, 0.05) is 0 Å². The van der Waals surface area contributed by atoms with Crippen LogP contribution in [-0.2, 0) is 23.7 Å². The predicted octanol–water partition coefficient (Wildman–Crippen LogP) is 6.69. The number of hydrogen-bond donors (Lipinski definition) is 0. The van der Waals surface area contributed by atoms with Gasteiger partial charge in [-0.15, -0.1) is 0 Å². The van der Waals surface area contributed by atoms with Crippen LogP contribution in [0.2, 0.25) is 0 Å². The standard InChI is InChI=1S/C20H39N2.C7H8O3S/c1-3-4-5-6-7-8-9-10-11-12-13-14-15-16-17-22-19-18-21(2)20-22;1-6-2-4-7(5-3-6)11(8,9)10/h18-20H,3-17H2,1-2H3;2-5H,1H3,(H,8,9,10)/q+1;/p-1. The lowest BCUT2D eigenvalue weighted by Crippen LogP contribution is -2.30. The highest BCUT2D eigenvalue weighted by atomic mass is 32.2. The molecule has 0 radical (unpaired) electrons. The van der Waals surface area contributed by atoms with E-state index in [4.69, 9.17) is 0 Å². The summed E-state index contributed by atoms with van der Waals surface area (Å²) in [6, 6.07) is 5.78. The van der Waals surface area contributed by atoms with Crippen molar-refractivity contribution in [3.8, 4) is 0 Å². The van der Waals surface area contributed by atoms with Gasteiger partial charge in [0.1, 0.15) is 22.5 Å². The molecule has 33 heavy (non-hydrogen) atoms. The van der Waals surface area contributed by atoms with Gasteiger partial charge >= 0.3 is 0 Å². The van der Waals surface area contributed by atoms with Gasteiger partial charge in [0.05, 0.1) is 18.5 Å². The first-order valence-corrected chi connectivity index (χ1v) is 14.3. The topological polar surface area (TPSA) is 66.0 Å². The normalized spacial score (nSPS) is 11.3. The smallest absolute Gasteiger partial charge is 0.243 e. The van der Waals surface area contributed by atoms with Crippen molar-refractivity contribution in [2.24, 2.45) is 7.05 Å². The van der Waals surface area contributed by atoms with Gasteiger partial charge in [-0.2, -0.15) is 0 Å². The lowest BCUT2D eigenvalue weighted by molar-refractivity contribution is -0.696. The second kappa shape index (κ2) is 17.8. The molecule has 0 unspecified atom stereocenters. The van der Waals surface area contributed by atoms with Gasteiger partial charge in [0.2, 0.25) is 6.33 Å². The van der Waals surface area contributed by atoms with Crippen LogP contribution in [0.25, 0.3) is 0 Å². The summed E-state index contributed by atoms with van der Waals surface area (Å²) in [7, 11) is -2.18. The van der Waals surface area contributed by atoms with Gasteiger partial charge in [-0.1, -0.05) is 102 Å². The van der Waals surface area contributed by atoms with E-state index in [9.17, 15) is 13.0 Å². The molecule has 188 valence electrons. The Morgan fingerprint density at radius 3 is 1.64 bits per heavy atom. The average Bonchev–Trinajstić information content (AvgIpc) is 3.19. The molecule has 2 rings (SSSR count). The van der Waals surface area contributed by atoms with Crippen LogP contribution < -0.4 is 4.57 Å². The number of unbranched alkanes of at least 4 members (excludes halogenated alkanes) is 13. The van der Waals surface area contributed by atoms with E-state index in [-0.39, 0.29) is 4.90 Å². The maximum atomic E-state index is 10.4. The Morgan fingerprint density at radius 2 is 1.24 bits per heavy atom. The molecular weight excluding hydrogens is 432 g/mol. The van der Waals surface area contributed by atoms with E-state index < -0.39 is 10.1 Å². The predicted molar refractivity (Wildman–Crippen MR) is 135 cm³/mol. The third kappa shape index (κ3) is 15.7. The molecule has 6 heteroatoms. The number of benzene rings is 1. The largest absolute Gasteiger partial charge is 0.744 e. The maximum Gasteiger partial charge on any atom is 0.243 e. The van der Waals surface area contributed by atoms with Crippen molar-refractivity contribution in [3.63, 3.8) is 0 Å². The third-order valence-corrected chi connectivity index (χ3v) is 6.75. The van der Waals surface area contributed by atoms with E-state index in [1.807, 2.05) is 6.92 Å². The molecule has 2 aromatic rings. The highest BCUT2D eigenvalue weighted by Gasteiger charge is 2.00. The molecule has 0 atom stereocenters. The fourth-order valence-electron chi connectivity index (χ4n) is 3.83. The lowest BCUT2D eigenvalue weighted by Gasteiger charge is -2.05. The summed E-state index contributed by atoms with van der Waals surface area (Å²) in [5, 5.41) is 0. The first kappa shape index (κ1) is 29.4. The summed E-state index contributed by atoms with van der Waals surface area (Å²) in [5.74, 6) is 0. The van der Waals surface area contributed by atoms with Crippen molar-refractivity contribution >= 4 is 10.1 Å². The van der Waals surface area contributed by atoms with Crippen LogP contribution in [0.3, 0.4) is 0 Å². The van der Waals surface area contributed by atoms with Gasteiger partial charge in [0.25, 0.3) is 0 Å². The number of aromatic nitrogens is 2. The van der Waals surface area contributed by atoms with E-state index in [1.165, 1.54) is 109 Å². The zero-order chi connectivity index (χ0) is 24.4. The first-order valence-electron chi connectivity index (χ1n) is 12.9. The maximum absolute atomic E-state index is 10.4. The van der Waals surface area contributed by atoms with Crippen LogP contribution in [-0.4, -0.2) is 17.5 Å². The number of aryl methyl sites for hydroxylation is 3. The molecular formula is C27H46N2O3S. The molecule has 1 heterocycles. The summed E-state index contributed by atoms with van der Waals surface area (Å²) < 4.78 is 35.6. The number of imidazole rings is 1. The van der Waals surface area contributed by atoms with E-state index in [0.29, 0.717) is 0 Å². The fourth-order valence-corrected chi connectivity index (χ4v) is 4.30. The minimum absolute atomic E-state index is 0.178. The van der Waals surface area contributed by atoms with Gasteiger partial charge in [-0.25, -0.2) is 17.6 Å². The molecule has 0 saturated heterocycles. The van der Waals surface area contributed by atoms with Crippen molar-refractivity contribution in [1.82, 2.24) is 4.57 Å². The molecule has 0 N–H and O–H groups in total. The van der Waals surface area contributed by atoms with Gasteiger partial charge in [-0.05, 0) is 31.9 Å². The highest BCUT2D eigenvalue weighted by Crippen LogP contribution is 2.13. The Kier molecular flexibility index (Phi) is 15.8. The molecule has 0 bridgehead atoms. The highest BCUT2D eigenvalue weighted by molar-refractivity contribution is 7.85. The minimum Gasteiger partial charge on any atom is -0.744 e. The van der Waals surface area contributed by atoms with Crippen molar-refractivity contribution in [1.29, 1.82) is 0 Å². The van der Waals surface area contributed by atoms with Crippen LogP contribution in [0.15, 0.2) is 47.9 Å². The molecule has 0 saturated carbocycles. The zero-order valence-electron chi connectivity index (χ0n) is 21.2. The number of nitrogens with zero attached hydrogens (tertiary/aromatic N) is 2. The Bertz CT molecular complexity index is 829. The molecule has 0 fully saturated rings. The van der Waals surface area contributed by atoms with Crippen LogP contribution in [0, 0.1) is 6.92 Å². The molecule has 1 aromatic carbocycles. The van der Waals surface area contributed by atoms with E-state index in [2.05, 4.69) is 41.8 Å². The second-order valence-electron chi connectivity index (χ2n) is 9.18. The Labute approximate surface area is 203 Å². The van der Waals surface area contributed by atoms with Crippen LogP contribution >= 0.6 is 0 Å². The van der Waals surface area contributed by atoms with Crippen LogP contribution in [0.5, 0.6) is 0 Å². The lowest BCUT2D eigenvalue weighted by atomic mass is 10.0. The molecule has 0 amide bonds. The number of rotatable bonds is 16. The summed E-state index contributed by atoms with van der Waals surface area (Å²) >= 11 is 0. The quantitative estimate of drug-likeness (QED) is 0.153. The molecule has 0 aliphatic heterocycles. The van der Waals surface area contributed by atoms with Crippen molar-refractivity contribution in [2.75, 3.05) is 0 Å². The van der Waals surface area contributed by atoms with E-state index in [1.54, 1.807) is 12.1 Å². The fraction of sp³-hybridized carbons (Fsp3) is 0.667. The van der Waals surface area contributed by atoms with Crippen molar-refractivity contribution in [2.45, 2.75) is 115 Å². The van der Waals surface area contributed by atoms with E-state index in [0.717, 1.165) is 5.56 Å². The Balaban J connectivity index is 0.000000412. The minimum atomic E-state index is -4.27. The molecule has 5 nitrogen and oxygen atoms in total. The van der Waals surface area contributed by atoms with E-state index >= 15 is 0 Å². The molecule has 1 aromatic heterocycles. The summed E-state index contributed by atoms with van der Waals surface area (Å²) in [5.41, 5.74) is 0.928. The first-order chi connectivity index (χ1) is 15.8. The number of hydrogen-bond acceptors (Lipinski definition) is 3. The summed E-state index contributed by atoms with van der Waals surface area (Å²) in [6.45, 7) is 5.29. The van der Waals surface area contributed by atoms with Gasteiger partial charge in [0.15, 0.2) is 0 Å². The second-order valence-corrected chi connectivity index (χ2v) is 10.6. The van der Waals surface area contributed by atoms with Crippen molar-refractivity contribution in [3.05, 3.63) is 48.5 Å². The van der Waals surface area contributed by atoms with Crippen molar-refractivity contribution < 1.29 is 17.5 Å². The van der Waals surface area contributed by atoms with Crippen LogP contribution in [0.4, 0.5) is 0 Å². The zero-order valence-corrected chi connectivity index (χ0v) is 22.0. The SMILES string of the molecule is CCCCCCCCCCCCCCCC[n+]1ccn(C)c1.Cc1ccc(S(=O)(=O)[O-])cc1. The Morgan fingerprint density at radius 1 is 0.788 bits per heavy atom. The van der Waals surface area contributed by atoms with Gasteiger partial charge < -0.3 is 4.55 Å². The third-order valence-electron chi connectivity index (χ3n) is 5.90. The summed E-state index contributed by atoms with van der Waals surface area (Å²) in [6.07, 6.45) is 26.5.